The van der Waals surface area contributed by atoms with Crippen molar-refractivity contribution >= 4 is 33.2 Å². The van der Waals surface area contributed by atoms with Crippen molar-refractivity contribution in [2.45, 2.75) is 6.18 Å². The topological polar surface area (TPSA) is 46.3 Å². The lowest BCUT2D eigenvalue weighted by molar-refractivity contribution is -0.170. The average molecular weight is 297 g/mol. The van der Waals surface area contributed by atoms with Crippen LogP contribution in [0.25, 0.3) is 0 Å². The van der Waals surface area contributed by atoms with Crippen LogP contribution in [0.15, 0.2) is 22.7 Å². The quantitative estimate of drug-likeness (QED) is 0.810. The average Bonchev–Trinajstić information content (AvgIpc) is 2.14. The van der Waals surface area contributed by atoms with Gasteiger partial charge in [-0.1, -0.05) is 15.9 Å². The fourth-order valence-electron chi connectivity index (χ4n) is 1.13. The first-order valence-corrected chi connectivity index (χ1v) is 4.92. The van der Waals surface area contributed by atoms with Gasteiger partial charge in [-0.2, -0.15) is 13.2 Å². The van der Waals surface area contributed by atoms with Crippen molar-refractivity contribution in [1.82, 2.24) is 0 Å². The molecule has 0 aliphatic rings. The molecule has 3 nitrogen and oxygen atoms in total. The van der Waals surface area contributed by atoms with Crippen LogP contribution in [-0.2, 0) is 4.79 Å². The molecular weight excluding hydrogens is 289 g/mol. The molecule has 1 aromatic carbocycles. The monoisotopic (exact) mass is 296 g/mol. The van der Waals surface area contributed by atoms with Crippen LogP contribution in [0.3, 0.4) is 0 Å². The number of anilines is 2. The Morgan fingerprint density at radius 1 is 1.44 bits per heavy atom. The van der Waals surface area contributed by atoms with E-state index < -0.39 is 12.1 Å². The molecule has 1 rings (SSSR count). The van der Waals surface area contributed by atoms with Gasteiger partial charge in [-0.15, -0.1) is 0 Å². The van der Waals surface area contributed by atoms with Gasteiger partial charge in [0.1, 0.15) is 0 Å². The molecule has 7 heteroatoms. The Balaban J connectivity index is 3.06. The second-order valence-electron chi connectivity index (χ2n) is 3.07. The smallest absolute Gasteiger partial charge is 0.397 e. The zero-order chi connectivity index (χ0) is 12.5. The minimum absolute atomic E-state index is 0.0190. The number of amides is 1. The van der Waals surface area contributed by atoms with Gasteiger partial charge in [-0.25, -0.2) is 0 Å². The van der Waals surface area contributed by atoms with E-state index in [1.54, 1.807) is 0 Å². The van der Waals surface area contributed by atoms with Gasteiger partial charge in [0.15, 0.2) is 0 Å². The zero-order valence-corrected chi connectivity index (χ0v) is 9.76. The number of carbonyl (C=O) groups is 1. The molecule has 0 aliphatic heterocycles. The molecule has 0 atom stereocenters. The summed E-state index contributed by atoms with van der Waals surface area (Å²) in [4.78, 5) is 11.4. The Morgan fingerprint density at radius 2 is 2.00 bits per heavy atom. The number of rotatable bonds is 1. The Morgan fingerprint density at radius 3 is 2.44 bits per heavy atom. The van der Waals surface area contributed by atoms with Crippen molar-refractivity contribution in [3.05, 3.63) is 22.7 Å². The predicted octanol–water partition coefficient (Wildman–Crippen LogP) is 2.56. The van der Waals surface area contributed by atoms with Crippen LogP contribution < -0.4 is 10.6 Å². The van der Waals surface area contributed by atoms with Crippen LogP contribution in [0.2, 0.25) is 0 Å². The maximum atomic E-state index is 12.2. The van der Waals surface area contributed by atoms with E-state index in [1.807, 2.05) is 0 Å². The van der Waals surface area contributed by atoms with E-state index in [-0.39, 0.29) is 11.4 Å². The van der Waals surface area contributed by atoms with E-state index in [9.17, 15) is 18.0 Å². The number of alkyl halides is 3. The molecule has 0 bridgehead atoms. The maximum Gasteiger partial charge on any atom is 0.471 e. The summed E-state index contributed by atoms with van der Waals surface area (Å²) in [6, 6.07) is 4.27. The molecule has 0 spiro atoms. The van der Waals surface area contributed by atoms with Crippen molar-refractivity contribution in [3.63, 3.8) is 0 Å². The van der Waals surface area contributed by atoms with Crippen LogP contribution in [-0.4, -0.2) is 19.1 Å². The Bertz CT molecular complexity index is 420. The Hall–Kier alpha value is -1.24. The van der Waals surface area contributed by atoms with Crippen molar-refractivity contribution in [2.75, 3.05) is 17.7 Å². The molecule has 1 aromatic rings. The third kappa shape index (κ3) is 2.66. The van der Waals surface area contributed by atoms with Crippen LogP contribution in [0, 0.1) is 0 Å². The normalized spacial score (nSPS) is 11.3. The zero-order valence-electron chi connectivity index (χ0n) is 8.18. The van der Waals surface area contributed by atoms with E-state index in [4.69, 9.17) is 5.73 Å². The van der Waals surface area contributed by atoms with Crippen LogP contribution in [0.4, 0.5) is 24.5 Å². The van der Waals surface area contributed by atoms with Gasteiger partial charge in [0, 0.05) is 11.5 Å². The number of nitrogen functional groups attached to an aromatic ring is 1. The highest BCUT2D eigenvalue weighted by molar-refractivity contribution is 9.10. The maximum absolute atomic E-state index is 12.2. The van der Waals surface area contributed by atoms with Crippen molar-refractivity contribution in [3.8, 4) is 0 Å². The molecular formula is C9H8BrF3N2O. The predicted molar refractivity (Wildman–Crippen MR) is 58.0 cm³/mol. The third-order valence-corrected chi connectivity index (χ3v) is 2.39. The molecule has 0 aliphatic carbocycles. The molecule has 88 valence electrons. The summed E-state index contributed by atoms with van der Waals surface area (Å²) in [7, 11) is 1.02. The molecule has 0 aromatic heterocycles. The summed E-state index contributed by atoms with van der Waals surface area (Å²) in [5.41, 5.74) is 5.62. The summed E-state index contributed by atoms with van der Waals surface area (Å²) >= 11 is 3.12. The lowest BCUT2D eigenvalue weighted by atomic mass is 10.2. The molecule has 16 heavy (non-hydrogen) atoms. The first-order valence-electron chi connectivity index (χ1n) is 4.13. The minimum atomic E-state index is -4.91. The first kappa shape index (κ1) is 12.8. The SMILES string of the molecule is CN(C(=O)C(F)(F)F)c1ccc(Br)cc1N. The molecule has 0 heterocycles. The summed E-state index contributed by atoms with van der Waals surface area (Å²) < 4.78 is 37.1. The number of halogens is 4. The lowest BCUT2D eigenvalue weighted by Gasteiger charge is -2.20. The van der Waals surface area contributed by atoms with Gasteiger partial charge < -0.3 is 10.6 Å². The van der Waals surface area contributed by atoms with Gasteiger partial charge in [0.25, 0.3) is 0 Å². The molecule has 0 fully saturated rings. The van der Waals surface area contributed by atoms with E-state index in [0.29, 0.717) is 9.37 Å². The van der Waals surface area contributed by atoms with Gasteiger partial charge >= 0.3 is 12.1 Å². The molecule has 0 saturated carbocycles. The van der Waals surface area contributed by atoms with E-state index >= 15 is 0 Å². The number of hydrogen-bond acceptors (Lipinski definition) is 2. The molecule has 0 radical (unpaired) electrons. The van der Waals surface area contributed by atoms with Gasteiger partial charge in [0.05, 0.1) is 11.4 Å². The molecule has 2 N–H and O–H groups in total. The van der Waals surface area contributed by atoms with Crippen LogP contribution in [0.1, 0.15) is 0 Å². The highest BCUT2D eigenvalue weighted by Crippen LogP contribution is 2.29. The molecule has 0 saturated heterocycles. The number of carbonyl (C=O) groups excluding carboxylic acids is 1. The Kier molecular flexibility index (Phi) is 3.47. The van der Waals surface area contributed by atoms with Crippen molar-refractivity contribution in [1.29, 1.82) is 0 Å². The number of nitrogens with two attached hydrogens (primary N) is 1. The van der Waals surface area contributed by atoms with Crippen molar-refractivity contribution < 1.29 is 18.0 Å². The highest BCUT2D eigenvalue weighted by Gasteiger charge is 2.42. The molecule has 0 unspecified atom stereocenters. The van der Waals surface area contributed by atoms with Crippen molar-refractivity contribution in [2.24, 2.45) is 0 Å². The van der Waals surface area contributed by atoms with Gasteiger partial charge in [-0.05, 0) is 18.2 Å². The fourth-order valence-corrected chi connectivity index (χ4v) is 1.51. The van der Waals surface area contributed by atoms with Gasteiger partial charge in [0.2, 0.25) is 0 Å². The fraction of sp³-hybridized carbons (Fsp3) is 0.222. The third-order valence-electron chi connectivity index (χ3n) is 1.90. The number of benzene rings is 1. The number of hydrogen-bond donors (Lipinski definition) is 1. The number of nitrogens with zero attached hydrogens (tertiary/aromatic N) is 1. The van der Waals surface area contributed by atoms with Crippen LogP contribution in [0.5, 0.6) is 0 Å². The van der Waals surface area contributed by atoms with E-state index in [2.05, 4.69) is 15.9 Å². The van der Waals surface area contributed by atoms with E-state index in [0.717, 1.165) is 7.05 Å². The van der Waals surface area contributed by atoms with Gasteiger partial charge in [-0.3, -0.25) is 4.79 Å². The lowest BCUT2D eigenvalue weighted by Crippen LogP contribution is -2.38. The highest BCUT2D eigenvalue weighted by atomic mass is 79.9. The van der Waals surface area contributed by atoms with Crippen LogP contribution >= 0.6 is 15.9 Å². The second-order valence-corrected chi connectivity index (χ2v) is 3.98. The van der Waals surface area contributed by atoms with E-state index in [1.165, 1.54) is 18.2 Å². The second kappa shape index (κ2) is 4.32. The summed E-state index contributed by atoms with van der Waals surface area (Å²) in [5.74, 6) is -1.96. The summed E-state index contributed by atoms with van der Waals surface area (Å²) in [6.07, 6.45) is -4.91. The standard InChI is InChI=1S/C9H8BrF3N2O/c1-15(8(16)9(11,12)13)7-3-2-5(10)4-6(7)14/h2-4H,14H2,1H3. The largest absolute Gasteiger partial charge is 0.471 e. The molecule has 1 amide bonds. The summed E-state index contributed by atoms with van der Waals surface area (Å²) in [5, 5.41) is 0. The first-order chi connectivity index (χ1) is 7.23. The summed E-state index contributed by atoms with van der Waals surface area (Å²) in [6.45, 7) is 0. The Labute approximate surface area is 98.2 Å². The minimum Gasteiger partial charge on any atom is -0.397 e.